The molecular formula is C15H19F2NO3. The molecule has 116 valence electrons. The first-order valence-corrected chi connectivity index (χ1v) is 6.99. The number of nitrogens with one attached hydrogen (secondary N) is 1. The van der Waals surface area contributed by atoms with Crippen LogP contribution in [-0.2, 0) is 9.53 Å². The third kappa shape index (κ3) is 4.14. The topological polar surface area (TPSA) is 47.6 Å². The normalized spacial score (nSPS) is 17.0. The van der Waals surface area contributed by atoms with E-state index in [2.05, 4.69) is 10.1 Å². The fraction of sp³-hybridized carbons (Fsp3) is 0.533. The van der Waals surface area contributed by atoms with Crippen molar-refractivity contribution in [3.05, 3.63) is 29.8 Å². The smallest absolute Gasteiger partial charge is 0.387 e. The minimum absolute atomic E-state index is 0.00611. The largest absolute Gasteiger partial charge is 0.468 e. The predicted octanol–water partition coefficient (Wildman–Crippen LogP) is 3.03. The van der Waals surface area contributed by atoms with Crippen LogP contribution in [0.5, 0.6) is 5.75 Å². The number of hydrogen-bond acceptors (Lipinski definition) is 4. The Hall–Kier alpha value is -1.69. The van der Waals surface area contributed by atoms with E-state index in [1.807, 2.05) is 0 Å². The summed E-state index contributed by atoms with van der Waals surface area (Å²) in [6.07, 6.45) is 4.12. The van der Waals surface area contributed by atoms with Gasteiger partial charge in [-0.2, -0.15) is 8.78 Å². The average Bonchev–Trinajstić information content (AvgIpc) is 2.97. The number of ether oxygens (including phenoxy) is 2. The number of halogens is 2. The molecule has 6 heteroatoms. The van der Waals surface area contributed by atoms with E-state index in [9.17, 15) is 13.6 Å². The number of carbonyl (C=O) groups excluding carboxylic acids is 1. The van der Waals surface area contributed by atoms with Gasteiger partial charge in [0.2, 0.25) is 0 Å². The molecule has 2 rings (SSSR count). The van der Waals surface area contributed by atoms with Crippen LogP contribution >= 0.6 is 0 Å². The van der Waals surface area contributed by atoms with Gasteiger partial charge in [-0.05, 0) is 18.9 Å². The molecule has 1 saturated carbocycles. The molecule has 1 atom stereocenters. The van der Waals surface area contributed by atoms with Gasteiger partial charge in [0.25, 0.3) is 0 Å². The van der Waals surface area contributed by atoms with Crippen LogP contribution in [0.1, 0.15) is 37.3 Å². The summed E-state index contributed by atoms with van der Waals surface area (Å²) in [5.74, 6) is -0.513. The highest BCUT2D eigenvalue weighted by Gasteiger charge is 2.29. The number of para-hydroxylation sites is 1. The molecule has 0 aromatic heterocycles. The van der Waals surface area contributed by atoms with Crippen molar-refractivity contribution in [3.8, 4) is 5.75 Å². The third-order valence-corrected chi connectivity index (χ3v) is 3.64. The van der Waals surface area contributed by atoms with Crippen LogP contribution in [0.15, 0.2) is 24.3 Å². The van der Waals surface area contributed by atoms with E-state index >= 15 is 0 Å². The molecular weight excluding hydrogens is 280 g/mol. The van der Waals surface area contributed by atoms with E-state index < -0.39 is 18.6 Å². The first-order valence-electron chi connectivity index (χ1n) is 6.99. The quantitative estimate of drug-likeness (QED) is 0.820. The molecule has 1 fully saturated rings. The molecule has 0 amide bonds. The van der Waals surface area contributed by atoms with Gasteiger partial charge in [0.1, 0.15) is 11.8 Å². The zero-order valence-corrected chi connectivity index (χ0v) is 11.9. The lowest BCUT2D eigenvalue weighted by atomic mass is 10.0. The van der Waals surface area contributed by atoms with Gasteiger partial charge >= 0.3 is 12.6 Å². The average molecular weight is 299 g/mol. The summed E-state index contributed by atoms with van der Waals surface area (Å²) in [4.78, 5) is 12.0. The van der Waals surface area contributed by atoms with Crippen molar-refractivity contribution in [2.75, 3.05) is 7.11 Å². The summed E-state index contributed by atoms with van der Waals surface area (Å²) in [6.45, 7) is -2.93. The van der Waals surface area contributed by atoms with Gasteiger partial charge < -0.3 is 9.47 Å². The standard InChI is InChI=1S/C15H19F2NO3/c1-20-14(19)13(18-10-6-2-3-7-10)11-8-4-5-9-12(11)21-15(16)17/h4-5,8-10,13,15,18H,2-3,6-7H2,1H3. The number of rotatable bonds is 6. The molecule has 1 aromatic rings. The fourth-order valence-electron chi connectivity index (χ4n) is 2.65. The molecule has 1 aromatic carbocycles. The summed E-state index contributed by atoms with van der Waals surface area (Å²) in [6, 6.07) is 5.68. The summed E-state index contributed by atoms with van der Waals surface area (Å²) >= 11 is 0. The number of esters is 1. The molecule has 0 heterocycles. The van der Waals surface area contributed by atoms with Crippen molar-refractivity contribution in [2.24, 2.45) is 0 Å². The third-order valence-electron chi connectivity index (χ3n) is 3.64. The Balaban J connectivity index is 2.24. The predicted molar refractivity (Wildman–Crippen MR) is 73.2 cm³/mol. The van der Waals surface area contributed by atoms with Crippen molar-refractivity contribution < 1.29 is 23.0 Å². The highest BCUT2D eigenvalue weighted by atomic mass is 19.3. The molecule has 4 nitrogen and oxygen atoms in total. The van der Waals surface area contributed by atoms with Crippen molar-refractivity contribution in [3.63, 3.8) is 0 Å². The summed E-state index contributed by atoms with van der Waals surface area (Å²) < 4.78 is 34.3. The van der Waals surface area contributed by atoms with Gasteiger partial charge in [-0.1, -0.05) is 31.0 Å². The van der Waals surface area contributed by atoms with E-state index in [0.29, 0.717) is 5.56 Å². The van der Waals surface area contributed by atoms with E-state index in [1.54, 1.807) is 18.2 Å². The van der Waals surface area contributed by atoms with Gasteiger partial charge in [0, 0.05) is 11.6 Å². The van der Waals surface area contributed by atoms with Crippen LogP contribution in [0.25, 0.3) is 0 Å². The molecule has 0 spiro atoms. The Labute approximate surface area is 122 Å². The van der Waals surface area contributed by atoms with Gasteiger partial charge in [-0.15, -0.1) is 0 Å². The molecule has 1 aliphatic rings. The second-order valence-electron chi connectivity index (χ2n) is 5.02. The Morgan fingerprint density at radius 1 is 1.29 bits per heavy atom. The number of methoxy groups -OCH3 is 1. The van der Waals surface area contributed by atoms with E-state index in [1.165, 1.54) is 13.2 Å². The summed E-state index contributed by atoms with van der Waals surface area (Å²) in [5.41, 5.74) is 0.372. The molecule has 1 unspecified atom stereocenters. The van der Waals surface area contributed by atoms with Gasteiger partial charge in [-0.3, -0.25) is 5.32 Å². The zero-order chi connectivity index (χ0) is 15.2. The molecule has 1 N–H and O–H groups in total. The highest BCUT2D eigenvalue weighted by Crippen LogP contribution is 2.29. The molecule has 0 radical (unpaired) electrons. The lowest BCUT2D eigenvalue weighted by Gasteiger charge is -2.23. The highest BCUT2D eigenvalue weighted by molar-refractivity contribution is 5.78. The minimum Gasteiger partial charge on any atom is -0.468 e. The SMILES string of the molecule is COC(=O)C(NC1CCCC1)c1ccccc1OC(F)F. The van der Waals surface area contributed by atoms with Crippen LogP contribution in [0.4, 0.5) is 8.78 Å². The lowest BCUT2D eigenvalue weighted by molar-refractivity contribution is -0.143. The molecule has 21 heavy (non-hydrogen) atoms. The maximum atomic E-state index is 12.5. The van der Waals surface area contributed by atoms with Crippen molar-refractivity contribution in [1.82, 2.24) is 5.32 Å². The Bertz CT molecular complexity index is 476. The van der Waals surface area contributed by atoms with Gasteiger partial charge in [0.05, 0.1) is 7.11 Å². The Kier molecular flexibility index (Phi) is 5.50. The summed E-state index contributed by atoms with van der Waals surface area (Å²) in [5, 5.41) is 3.20. The number of carbonyl (C=O) groups is 1. The van der Waals surface area contributed by atoms with Gasteiger partial charge in [0.15, 0.2) is 0 Å². The maximum absolute atomic E-state index is 12.5. The minimum atomic E-state index is -2.93. The second-order valence-corrected chi connectivity index (χ2v) is 5.02. The van der Waals surface area contributed by atoms with Gasteiger partial charge in [-0.25, -0.2) is 4.79 Å². The maximum Gasteiger partial charge on any atom is 0.387 e. The van der Waals surface area contributed by atoms with Crippen LogP contribution in [0.3, 0.4) is 0 Å². The van der Waals surface area contributed by atoms with Crippen LogP contribution in [0.2, 0.25) is 0 Å². The molecule has 0 aliphatic heterocycles. The first-order chi connectivity index (χ1) is 10.1. The Morgan fingerprint density at radius 2 is 1.95 bits per heavy atom. The van der Waals surface area contributed by atoms with E-state index in [-0.39, 0.29) is 11.8 Å². The van der Waals surface area contributed by atoms with Crippen LogP contribution < -0.4 is 10.1 Å². The van der Waals surface area contributed by atoms with Crippen molar-refractivity contribution in [2.45, 2.75) is 44.4 Å². The number of alkyl halides is 2. The molecule has 1 aliphatic carbocycles. The lowest BCUT2D eigenvalue weighted by Crippen LogP contribution is -2.36. The number of hydrogen-bond donors (Lipinski definition) is 1. The van der Waals surface area contributed by atoms with Crippen LogP contribution in [0, 0.1) is 0 Å². The second kappa shape index (κ2) is 7.36. The fourth-order valence-corrected chi connectivity index (χ4v) is 2.65. The first kappa shape index (κ1) is 15.7. The summed E-state index contributed by atoms with van der Waals surface area (Å²) in [7, 11) is 1.28. The van der Waals surface area contributed by atoms with E-state index in [0.717, 1.165) is 25.7 Å². The van der Waals surface area contributed by atoms with Crippen LogP contribution in [-0.4, -0.2) is 25.7 Å². The van der Waals surface area contributed by atoms with Crippen molar-refractivity contribution >= 4 is 5.97 Å². The Morgan fingerprint density at radius 3 is 2.57 bits per heavy atom. The monoisotopic (exact) mass is 299 g/mol. The van der Waals surface area contributed by atoms with E-state index in [4.69, 9.17) is 4.74 Å². The number of benzene rings is 1. The zero-order valence-electron chi connectivity index (χ0n) is 11.9. The molecule has 0 saturated heterocycles. The molecule has 0 bridgehead atoms. The van der Waals surface area contributed by atoms with Crippen molar-refractivity contribution in [1.29, 1.82) is 0 Å².